The minimum atomic E-state index is -0.522. The lowest BCUT2D eigenvalue weighted by molar-refractivity contribution is -0.128. The third-order valence-electron chi connectivity index (χ3n) is 9.98. The molecule has 1 saturated heterocycles. The number of rotatable bonds is 11. The number of nitrogens with zero attached hydrogens (tertiary/aromatic N) is 4. The molecule has 2 fully saturated rings. The molecule has 4 amide bonds. The highest BCUT2D eigenvalue weighted by molar-refractivity contribution is 7.12. The molecule has 2 atom stereocenters. The zero-order valence-electron chi connectivity index (χ0n) is 28.2. The molecule has 0 unspecified atom stereocenters. The lowest BCUT2D eigenvalue weighted by atomic mass is 9.84. The van der Waals surface area contributed by atoms with E-state index in [4.69, 9.17) is 5.73 Å². The van der Waals surface area contributed by atoms with Gasteiger partial charge in [0, 0.05) is 82.9 Å². The van der Waals surface area contributed by atoms with Crippen molar-refractivity contribution < 1.29 is 28.8 Å². The molecule has 4 aromatic heterocycles. The van der Waals surface area contributed by atoms with Crippen molar-refractivity contribution in [1.29, 1.82) is 0 Å². The van der Waals surface area contributed by atoms with Crippen LogP contribution in [0, 0.1) is 12.8 Å². The minimum Gasteiger partial charge on any atom is -0.370 e. The van der Waals surface area contributed by atoms with Gasteiger partial charge in [0.05, 0.1) is 22.7 Å². The number of hydrogen-bond donors (Lipinski definition) is 3. The van der Waals surface area contributed by atoms with Gasteiger partial charge in [-0.25, -0.2) is 0 Å². The normalized spacial score (nSPS) is 18.6. The van der Waals surface area contributed by atoms with E-state index in [0.717, 1.165) is 28.1 Å². The molecule has 1 spiro atoms. The van der Waals surface area contributed by atoms with Crippen LogP contribution < -0.4 is 16.4 Å². The summed E-state index contributed by atoms with van der Waals surface area (Å²) in [6.07, 6.45) is 7.89. The van der Waals surface area contributed by atoms with Crippen LogP contribution in [0.3, 0.4) is 0 Å². The van der Waals surface area contributed by atoms with Crippen LogP contribution in [0.15, 0.2) is 53.9 Å². The average Bonchev–Trinajstić information content (AvgIpc) is 3.56. The van der Waals surface area contributed by atoms with E-state index in [2.05, 4.69) is 10.6 Å². The summed E-state index contributed by atoms with van der Waals surface area (Å²) >= 11 is 1.49. The summed E-state index contributed by atoms with van der Waals surface area (Å²) in [6, 6.07) is 4.91. The maximum atomic E-state index is 13.6. The van der Waals surface area contributed by atoms with Crippen molar-refractivity contribution in [2.75, 3.05) is 18.4 Å². The third-order valence-corrected chi connectivity index (χ3v) is 11.1. The fourth-order valence-corrected chi connectivity index (χ4v) is 8.67. The van der Waals surface area contributed by atoms with Crippen LogP contribution in [0.4, 0.5) is 5.69 Å². The van der Waals surface area contributed by atoms with Crippen LogP contribution in [-0.4, -0.2) is 66.9 Å². The van der Waals surface area contributed by atoms with Gasteiger partial charge in [0.15, 0.2) is 11.6 Å². The van der Waals surface area contributed by atoms with Crippen LogP contribution in [0.1, 0.15) is 76.2 Å². The number of carbonyl (C=O) groups is 6. The quantitative estimate of drug-likeness (QED) is 0.204. The van der Waals surface area contributed by atoms with Gasteiger partial charge in [0.25, 0.3) is 11.8 Å². The maximum absolute atomic E-state index is 13.6. The van der Waals surface area contributed by atoms with Gasteiger partial charge in [-0.1, -0.05) is 0 Å². The Morgan fingerprint density at radius 2 is 1.58 bits per heavy atom. The molecule has 13 nitrogen and oxygen atoms in total. The zero-order chi connectivity index (χ0) is 35.6. The van der Waals surface area contributed by atoms with E-state index in [1.54, 1.807) is 76.5 Å². The topological polar surface area (TPSA) is 171 Å². The number of primary amides is 1. The van der Waals surface area contributed by atoms with Gasteiger partial charge in [-0.05, 0) is 65.1 Å². The summed E-state index contributed by atoms with van der Waals surface area (Å²) in [5, 5.41) is 7.44. The Bertz CT molecular complexity index is 2180. The first-order chi connectivity index (χ1) is 23.8. The summed E-state index contributed by atoms with van der Waals surface area (Å²) in [6.45, 7) is 2.73. The van der Waals surface area contributed by atoms with E-state index in [0.29, 0.717) is 46.4 Å². The van der Waals surface area contributed by atoms with E-state index in [9.17, 15) is 28.8 Å². The molecule has 7 rings (SSSR count). The van der Waals surface area contributed by atoms with Crippen LogP contribution in [0.5, 0.6) is 0 Å². The molecule has 1 saturated carbocycles. The van der Waals surface area contributed by atoms with Crippen molar-refractivity contribution in [2.45, 2.75) is 38.0 Å². The zero-order valence-corrected chi connectivity index (χ0v) is 29.0. The van der Waals surface area contributed by atoms with Gasteiger partial charge in [-0.3, -0.25) is 28.8 Å². The molecule has 50 heavy (non-hydrogen) atoms. The van der Waals surface area contributed by atoms with Gasteiger partial charge in [0.1, 0.15) is 11.4 Å². The minimum absolute atomic E-state index is 0.0161. The number of aryl methyl sites for hydroxylation is 4. The molecular formula is C36H37N7O6S. The SMILES string of the molecule is Cc1csc2c1[C@@]13C[C@@H]1CN(C(=O)Cc1cc(C(=O)Cc4cc(C(=O)Nc5cc(C(=O)NCCC(N)=O)n(C)c5)n(C)c4)n(C)c1)C3=CC2=O. The number of likely N-dealkylation sites (tertiary alicyclic amines) is 1. The van der Waals surface area contributed by atoms with Crippen molar-refractivity contribution in [2.24, 2.45) is 32.8 Å². The lowest BCUT2D eigenvalue weighted by Gasteiger charge is -2.28. The van der Waals surface area contributed by atoms with Crippen LogP contribution in [0.25, 0.3) is 0 Å². The summed E-state index contributed by atoms with van der Waals surface area (Å²) < 4.78 is 4.91. The number of fused-ring (bicyclic) bond motifs is 1. The molecule has 3 aliphatic rings. The molecule has 4 aromatic rings. The van der Waals surface area contributed by atoms with E-state index in [1.807, 2.05) is 12.3 Å². The monoisotopic (exact) mass is 695 g/mol. The highest BCUT2D eigenvalue weighted by Gasteiger charge is 2.67. The molecule has 5 heterocycles. The van der Waals surface area contributed by atoms with E-state index >= 15 is 0 Å². The molecule has 1 aliphatic heterocycles. The first kappa shape index (κ1) is 33.0. The molecule has 4 N–H and O–H groups in total. The van der Waals surface area contributed by atoms with Gasteiger partial charge in [-0.2, -0.15) is 0 Å². The van der Waals surface area contributed by atoms with Gasteiger partial charge in [-0.15, -0.1) is 11.3 Å². The largest absolute Gasteiger partial charge is 0.370 e. The van der Waals surface area contributed by atoms with Crippen molar-refractivity contribution in [1.82, 2.24) is 23.9 Å². The number of amides is 4. The fraction of sp³-hybridized carbons (Fsp3) is 0.333. The molecular weight excluding hydrogens is 659 g/mol. The number of nitrogens with two attached hydrogens (primary N) is 1. The Labute approximate surface area is 291 Å². The van der Waals surface area contributed by atoms with E-state index < -0.39 is 17.7 Å². The van der Waals surface area contributed by atoms with Crippen LogP contribution in [0.2, 0.25) is 0 Å². The van der Waals surface area contributed by atoms with Crippen molar-refractivity contribution in [3.05, 3.63) is 98.2 Å². The number of ketones is 2. The Balaban J connectivity index is 0.984. The third kappa shape index (κ3) is 5.58. The maximum Gasteiger partial charge on any atom is 0.272 e. The summed E-state index contributed by atoms with van der Waals surface area (Å²) in [5.41, 5.74) is 10.8. The summed E-state index contributed by atoms with van der Waals surface area (Å²) in [5.74, 6) is -1.32. The van der Waals surface area contributed by atoms with Crippen LogP contribution >= 0.6 is 11.3 Å². The smallest absolute Gasteiger partial charge is 0.272 e. The highest BCUT2D eigenvalue weighted by Crippen LogP contribution is 2.67. The molecule has 258 valence electrons. The number of carbonyl (C=O) groups excluding carboxylic acids is 6. The number of aromatic nitrogens is 3. The number of piperidine rings is 1. The summed E-state index contributed by atoms with van der Waals surface area (Å²) in [7, 11) is 5.14. The molecule has 0 aromatic carbocycles. The number of anilines is 1. The Kier molecular flexibility index (Phi) is 8.01. The fourth-order valence-electron chi connectivity index (χ4n) is 7.62. The number of thiophene rings is 1. The Morgan fingerprint density at radius 1 is 0.920 bits per heavy atom. The van der Waals surface area contributed by atoms with E-state index in [1.165, 1.54) is 17.4 Å². The van der Waals surface area contributed by atoms with Gasteiger partial charge >= 0.3 is 0 Å². The van der Waals surface area contributed by atoms with Crippen LogP contribution in [-0.2, 0) is 49.0 Å². The lowest BCUT2D eigenvalue weighted by Crippen LogP contribution is -2.34. The second-order valence-corrected chi connectivity index (χ2v) is 14.4. The second kappa shape index (κ2) is 12.1. The Morgan fingerprint density at radius 3 is 2.32 bits per heavy atom. The number of hydrogen-bond acceptors (Lipinski definition) is 7. The highest BCUT2D eigenvalue weighted by atomic mass is 32.1. The Hall–Kier alpha value is -5.50. The molecule has 0 bridgehead atoms. The van der Waals surface area contributed by atoms with Gasteiger partial charge < -0.3 is 35.0 Å². The first-order valence-corrected chi connectivity index (χ1v) is 17.2. The number of allylic oxidation sites excluding steroid dienone is 2. The average molecular weight is 696 g/mol. The predicted molar refractivity (Wildman–Crippen MR) is 185 cm³/mol. The standard InChI is InChI=1S/C36H37N7O6S/c1-19-18-50-33-28(45)12-29-36(32(19)33)13-22(36)16-43(29)31(47)10-21-7-24(40(2)15-21)27(44)9-20-8-25(41(3)14-20)35(49)39-23-11-26(42(4)17-23)34(48)38-6-5-30(37)46/h7-8,11-12,14-15,17-18,22H,5-6,9-10,13,16H2,1-4H3,(H2,37,46)(H,38,48)(H,39,49)/t22-,36+/m1/s1. The first-order valence-electron chi connectivity index (χ1n) is 16.3. The van der Waals surface area contributed by atoms with Gasteiger partial charge in [0.2, 0.25) is 11.8 Å². The summed E-state index contributed by atoms with van der Waals surface area (Å²) in [4.78, 5) is 79.2. The van der Waals surface area contributed by atoms with E-state index in [-0.39, 0.29) is 48.7 Å². The predicted octanol–water partition coefficient (Wildman–Crippen LogP) is 2.78. The van der Waals surface area contributed by atoms with Crippen molar-refractivity contribution >= 4 is 52.2 Å². The second-order valence-electron chi connectivity index (χ2n) is 13.5. The number of nitrogens with one attached hydrogen (secondary N) is 2. The molecule has 14 heteroatoms. The van der Waals surface area contributed by atoms with Crippen molar-refractivity contribution in [3.8, 4) is 0 Å². The van der Waals surface area contributed by atoms with Crippen molar-refractivity contribution in [3.63, 3.8) is 0 Å². The molecule has 2 aliphatic carbocycles. The number of Topliss-reactive ketones (excluding diaryl/α,β-unsaturated/α-hetero) is 1. The molecule has 0 radical (unpaired) electrons.